The molecule has 0 spiro atoms. The van der Waals surface area contributed by atoms with Gasteiger partial charge in [-0.15, -0.1) is 0 Å². The molecule has 0 radical (unpaired) electrons. The van der Waals surface area contributed by atoms with Crippen LogP contribution >= 0.6 is 0 Å². The smallest absolute Gasteiger partial charge is 0.361 e. The number of unbranched alkanes of at least 4 members (excludes halogenated alkanes) is 39. The Kier molecular flexibility index (Phi) is 65.6. The van der Waals surface area contributed by atoms with Gasteiger partial charge in [-0.05, 0) is 89.9 Å². The van der Waals surface area contributed by atoms with Crippen molar-refractivity contribution in [3.8, 4) is 0 Å². The van der Waals surface area contributed by atoms with Crippen LogP contribution in [0.4, 0.5) is 0 Å². The Morgan fingerprint density at radius 2 is 0.655 bits per heavy atom. The van der Waals surface area contributed by atoms with Gasteiger partial charge < -0.3 is 28.5 Å². The third-order valence-electron chi connectivity index (χ3n) is 16.1. The molecule has 0 aromatic heterocycles. The molecule has 0 rings (SSSR count). The number of allylic oxidation sites excluding steroid dienone is 14. The Morgan fingerprint density at radius 3 is 0.977 bits per heavy atom. The molecule has 0 heterocycles. The van der Waals surface area contributed by atoms with Crippen molar-refractivity contribution in [2.45, 2.75) is 347 Å². The number of likely N-dealkylation sites (N-methyl/N-ethyl adjacent to an activating group) is 1. The first-order valence-corrected chi connectivity index (χ1v) is 36.8. The van der Waals surface area contributed by atoms with Crippen molar-refractivity contribution in [2.24, 2.45) is 0 Å². The van der Waals surface area contributed by atoms with Gasteiger partial charge in [0.1, 0.15) is 13.2 Å². The van der Waals surface area contributed by atoms with E-state index in [1.165, 1.54) is 218 Å². The Hall–Kier alpha value is -3.53. The normalized spacial score (nSPS) is 13.2. The number of esters is 2. The van der Waals surface area contributed by atoms with Crippen molar-refractivity contribution in [2.75, 3.05) is 47.5 Å². The lowest BCUT2D eigenvalue weighted by Gasteiger charge is -2.25. The van der Waals surface area contributed by atoms with Crippen molar-refractivity contribution in [3.63, 3.8) is 0 Å². The summed E-state index contributed by atoms with van der Waals surface area (Å²) in [6, 6.07) is 0. The number of carbonyl (C=O) groups is 3. The Labute approximate surface area is 538 Å². The van der Waals surface area contributed by atoms with Crippen LogP contribution in [0.15, 0.2) is 85.1 Å². The van der Waals surface area contributed by atoms with Gasteiger partial charge in [0.25, 0.3) is 6.29 Å². The Bertz CT molecular complexity index is 1700. The predicted molar refractivity (Wildman–Crippen MR) is 373 cm³/mol. The maximum Gasteiger partial charge on any atom is 0.361 e. The minimum atomic E-state index is -1.51. The minimum absolute atomic E-state index is 0.183. The molecule has 0 aromatic rings. The third kappa shape index (κ3) is 69.8. The quantitative estimate of drug-likeness (QED) is 0.0211. The number of carboxylic acids is 1. The summed E-state index contributed by atoms with van der Waals surface area (Å²) >= 11 is 0. The summed E-state index contributed by atoms with van der Waals surface area (Å²) in [7, 11) is 5.98. The van der Waals surface area contributed by atoms with Gasteiger partial charge in [0.2, 0.25) is 0 Å². The second-order valence-corrected chi connectivity index (χ2v) is 25.9. The molecular formula is C78H140NO8+. The summed E-state index contributed by atoms with van der Waals surface area (Å²) in [6.45, 7) is 4.78. The highest BCUT2D eigenvalue weighted by atomic mass is 16.7. The van der Waals surface area contributed by atoms with Crippen LogP contribution in [-0.2, 0) is 33.3 Å². The van der Waals surface area contributed by atoms with Gasteiger partial charge in [-0.2, -0.15) is 0 Å². The van der Waals surface area contributed by atoms with Gasteiger partial charge in [-0.1, -0.05) is 317 Å². The van der Waals surface area contributed by atoms with Crippen LogP contribution in [0.5, 0.6) is 0 Å². The number of carboxylic acid groups (broad SMARTS) is 1. The molecule has 0 aliphatic heterocycles. The molecular weight excluding hydrogens is 1080 g/mol. The van der Waals surface area contributed by atoms with Gasteiger partial charge in [0, 0.05) is 12.8 Å². The van der Waals surface area contributed by atoms with Crippen LogP contribution in [0, 0.1) is 0 Å². The van der Waals surface area contributed by atoms with Gasteiger partial charge >= 0.3 is 17.9 Å². The van der Waals surface area contributed by atoms with E-state index in [-0.39, 0.29) is 32.2 Å². The van der Waals surface area contributed by atoms with E-state index in [0.717, 1.165) is 83.5 Å². The molecule has 0 aliphatic carbocycles. The largest absolute Gasteiger partial charge is 0.477 e. The van der Waals surface area contributed by atoms with E-state index in [1.54, 1.807) is 0 Å². The summed E-state index contributed by atoms with van der Waals surface area (Å²) in [5, 5.41) is 9.75. The van der Waals surface area contributed by atoms with E-state index in [0.29, 0.717) is 23.9 Å². The zero-order valence-electron chi connectivity index (χ0n) is 57.7. The first-order chi connectivity index (χ1) is 42.6. The second kappa shape index (κ2) is 68.4. The molecule has 2 atom stereocenters. The maximum absolute atomic E-state index is 12.9. The number of carbonyl (C=O) groups excluding carboxylic acids is 2. The molecule has 87 heavy (non-hydrogen) atoms. The lowest BCUT2D eigenvalue weighted by Crippen LogP contribution is -2.40. The van der Waals surface area contributed by atoms with Gasteiger partial charge in [-0.25, -0.2) is 4.79 Å². The topological polar surface area (TPSA) is 108 Å². The minimum Gasteiger partial charge on any atom is -0.477 e. The van der Waals surface area contributed by atoms with Crippen molar-refractivity contribution in [1.82, 2.24) is 0 Å². The third-order valence-corrected chi connectivity index (χ3v) is 16.1. The average Bonchev–Trinajstić information content (AvgIpc) is 3.50. The van der Waals surface area contributed by atoms with Gasteiger partial charge in [0.05, 0.1) is 34.4 Å². The van der Waals surface area contributed by atoms with Crippen molar-refractivity contribution in [3.05, 3.63) is 85.1 Å². The zero-order valence-corrected chi connectivity index (χ0v) is 57.7. The van der Waals surface area contributed by atoms with Crippen LogP contribution in [0.1, 0.15) is 335 Å². The van der Waals surface area contributed by atoms with Crippen molar-refractivity contribution in [1.29, 1.82) is 0 Å². The number of aliphatic carboxylic acids is 1. The summed E-state index contributed by atoms with van der Waals surface area (Å²) < 4.78 is 23.0. The van der Waals surface area contributed by atoms with Crippen molar-refractivity contribution < 1.29 is 42.9 Å². The number of quaternary nitrogens is 1. The first kappa shape index (κ1) is 83.5. The van der Waals surface area contributed by atoms with E-state index in [2.05, 4.69) is 98.9 Å². The molecule has 9 nitrogen and oxygen atoms in total. The molecule has 0 bridgehead atoms. The fraction of sp³-hybridized carbons (Fsp3) is 0.782. The van der Waals surface area contributed by atoms with Crippen LogP contribution in [-0.4, -0.2) is 87.4 Å². The van der Waals surface area contributed by atoms with E-state index < -0.39 is 24.3 Å². The highest BCUT2D eigenvalue weighted by molar-refractivity contribution is 5.71. The molecule has 1 N–H and O–H groups in total. The van der Waals surface area contributed by atoms with Crippen LogP contribution in [0.25, 0.3) is 0 Å². The van der Waals surface area contributed by atoms with Crippen LogP contribution in [0.3, 0.4) is 0 Å². The number of hydrogen-bond acceptors (Lipinski definition) is 7. The Balaban J connectivity index is 3.99. The van der Waals surface area contributed by atoms with E-state index in [4.69, 9.17) is 18.9 Å². The second-order valence-electron chi connectivity index (χ2n) is 25.9. The van der Waals surface area contributed by atoms with E-state index in [9.17, 15) is 19.5 Å². The fourth-order valence-corrected chi connectivity index (χ4v) is 10.5. The monoisotopic (exact) mass is 1220 g/mol. The summed E-state index contributed by atoms with van der Waals surface area (Å²) in [5.74, 6) is -2.00. The number of rotatable bonds is 68. The summed E-state index contributed by atoms with van der Waals surface area (Å²) in [6.07, 6.45) is 90.0. The summed E-state index contributed by atoms with van der Waals surface area (Å²) in [4.78, 5) is 37.6. The molecule has 0 saturated carbocycles. The zero-order chi connectivity index (χ0) is 63.3. The summed E-state index contributed by atoms with van der Waals surface area (Å²) in [5.41, 5.74) is 0. The molecule has 9 heteroatoms. The van der Waals surface area contributed by atoms with E-state index >= 15 is 0 Å². The maximum atomic E-state index is 12.9. The SMILES string of the molecule is CC/C=C\C/C=C\C/C=C\C/C=C\CCCCCCCCCCCCC(=O)OC(COC(=O)CCCCCCCCCCCCCCCCCCCCCCCCCC/C=C\C/C=C\C/C=C\CCCCCCC)COC(OCC[N+](C)(C)C)C(=O)O. The molecule has 0 saturated heterocycles. The standard InChI is InChI=1S/C78H139NO8/c1-6-8-10-12-14-16-18-20-22-24-26-28-30-31-32-33-34-35-36-37-38-39-40-41-42-43-44-45-47-48-50-52-54-56-58-60-62-64-66-68-75(80)85-72-74(73-86-78(77(82)83)84-71-70-79(3,4)5)87-76(81)69-67-65-63-61-59-57-55-53-51-49-46-29-27-25-23-21-19-17-15-13-11-9-7-2/h9,11,15,17-18,20-21,23-24,26-27,29-31,74,78H,6-8,10,12-14,16,19,22,25,28,32-73H2,1-5H3/p+1/b11-9-,17-15-,20-18-,23-21-,26-24-,29-27-,31-30-. The molecule has 504 valence electrons. The lowest BCUT2D eigenvalue weighted by atomic mass is 10.0. The molecule has 0 aromatic carbocycles. The van der Waals surface area contributed by atoms with Gasteiger partial charge in [-0.3, -0.25) is 9.59 Å². The highest BCUT2D eigenvalue weighted by Gasteiger charge is 2.25. The Morgan fingerprint density at radius 1 is 0.356 bits per heavy atom. The predicted octanol–water partition coefficient (Wildman–Crippen LogP) is 23.0. The number of hydrogen-bond donors (Lipinski definition) is 1. The lowest BCUT2D eigenvalue weighted by molar-refractivity contribution is -0.870. The number of nitrogens with zero attached hydrogens (tertiary/aromatic N) is 1. The van der Waals surface area contributed by atoms with E-state index in [1.807, 2.05) is 21.1 Å². The van der Waals surface area contributed by atoms with Gasteiger partial charge in [0.15, 0.2) is 6.10 Å². The van der Waals surface area contributed by atoms with Crippen LogP contribution < -0.4 is 0 Å². The van der Waals surface area contributed by atoms with Crippen molar-refractivity contribution >= 4 is 17.9 Å². The number of ether oxygens (including phenoxy) is 4. The molecule has 2 unspecified atom stereocenters. The highest BCUT2D eigenvalue weighted by Crippen LogP contribution is 2.18. The molecule has 0 aliphatic rings. The first-order valence-electron chi connectivity index (χ1n) is 36.8. The molecule has 0 fully saturated rings. The van der Waals surface area contributed by atoms with Crippen LogP contribution in [0.2, 0.25) is 0 Å². The molecule has 0 amide bonds. The average molecular weight is 1220 g/mol. The fourth-order valence-electron chi connectivity index (χ4n) is 10.5.